The molecule has 8 nitrogen and oxygen atoms in total. The SMILES string of the molecule is CC(C)c1ccccc1-c1nc(NS(=O)(=O)c2cccc(N3CCCC(C)(C(=O)O)C3)n2)ccc1C(F)(F)F. The maximum atomic E-state index is 13.9. The average molecular weight is 563 g/mol. The number of halogens is 3. The number of benzene rings is 1. The molecule has 2 aromatic heterocycles. The maximum Gasteiger partial charge on any atom is 0.418 e. The summed E-state index contributed by atoms with van der Waals surface area (Å²) in [5, 5.41) is 9.23. The van der Waals surface area contributed by atoms with Crippen LogP contribution in [0.5, 0.6) is 0 Å². The predicted molar refractivity (Wildman–Crippen MR) is 141 cm³/mol. The highest BCUT2D eigenvalue weighted by atomic mass is 32.2. The Bertz CT molecular complexity index is 1490. The van der Waals surface area contributed by atoms with Crippen molar-refractivity contribution < 1.29 is 31.5 Å². The first kappa shape index (κ1) is 28.3. The van der Waals surface area contributed by atoms with Crippen LogP contribution in [-0.2, 0) is 21.0 Å². The first-order chi connectivity index (χ1) is 18.2. The van der Waals surface area contributed by atoms with Crippen molar-refractivity contribution in [3.63, 3.8) is 0 Å². The Morgan fingerprint density at radius 2 is 1.79 bits per heavy atom. The molecule has 4 rings (SSSR count). The molecule has 3 heterocycles. The molecule has 0 aliphatic carbocycles. The largest absolute Gasteiger partial charge is 0.481 e. The molecule has 2 N–H and O–H groups in total. The van der Waals surface area contributed by atoms with Gasteiger partial charge in [0.05, 0.1) is 16.7 Å². The molecule has 0 spiro atoms. The highest BCUT2D eigenvalue weighted by Gasteiger charge is 2.39. The van der Waals surface area contributed by atoms with Gasteiger partial charge in [0.25, 0.3) is 10.0 Å². The minimum atomic E-state index is -4.71. The number of pyridine rings is 2. The molecule has 1 saturated heterocycles. The van der Waals surface area contributed by atoms with Crippen LogP contribution in [-0.4, -0.2) is 42.6 Å². The van der Waals surface area contributed by atoms with Gasteiger partial charge in [-0.3, -0.25) is 9.52 Å². The lowest BCUT2D eigenvalue weighted by Gasteiger charge is -2.38. The van der Waals surface area contributed by atoms with E-state index >= 15 is 0 Å². The van der Waals surface area contributed by atoms with Crippen molar-refractivity contribution >= 4 is 27.6 Å². The molecule has 0 radical (unpaired) electrons. The molecule has 1 unspecified atom stereocenters. The minimum Gasteiger partial charge on any atom is -0.481 e. The van der Waals surface area contributed by atoms with Gasteiger partial charge in [0, 0.05) is 18.7 Å². The molecule has 0 saturated carbocycles. The number of aromatic nitrogens is 2. The van der Waals surface area contributed by atoms with E-state index < -0.39 is 33.1 Å². The van der Waals surface area contributed by atoms with Crippen LogP contribution >= 0.6 is 0 Å². The molecule has 0 bridgehead atoms. The zero-order valence-electron chi connectivity index (χ0n) is 21.7. The standard InChI is InChI=1S/C27H29F3N4O4S/c1-17(2)18-8-4-5-9-19(18)24-20(27(28,29)30)12-13-21(31-24)33-39(37,38)23-11-6-10-22(32-23)34-15-7-14-26(3,16-34)25(35)36/h4-6,8-13,17H,7,14-16H2,1-3H3,(H,31,33)(H,35,36). The van der Waals surface area contributed by atoms with Crippen LogP contribution in [0.4, 0.5) is 24.8 Å². The summed E-state index contributed by atoms with van der Waals surface area (Å²) in [5.74, 6) is -1.05. The Morgan fingerprint density at radius 3 is 2.46 bits per heavy atom. The van der Waals surface area contributed by atoms with Crippen molar-refractivity contribution in [1.29, 1.82) is 0 Å². The van der Waals surface area contributed by atoms with E-state index in [1.807, 2.05) is 13.8 Å². The third kappa shape index (κ3) is 6.00. The highest BCUT2D eigenvalue weighted by molar-refractivity contribution is 7.92. The summed E-state index contributed by atoms with van der Waals surface area (Å²) in [6.45, 7) is 5.99. The van der Waals surface area contributed by atoms with Gasteiger partial charge in [-0.25, -0.2) is 9.97 Å². The van der Waals surface area contributed by atoms with Crippen LogP contribution in [0.15, 0.2) is 59.6 Å². The van der Waals surface area contributed by atoms with E-state index in [4.69, 9.17) is 0 Å². The van der Waals surface area contributed by atoms with Crippen molar-refractivity contribution in [2.75, 3.05) is 22.7 Å². The number of nitrogens with one attached hydrogen (secondary N) is 1. The van der Waals surface area contributed by atoms with Crippen molar-refractivity contribution in [2.45, 2.75) is 50.7 Å². The Balaban J connectivity index is 1.69. The molecule has 208 valence electrons. The van der Waals surface area contributed by atoms with E-state index in [9.17, 15) is 31.5 Å². The number of sulfonamides is 1. The van der Waals surface area contributed by atoms with Crippen LogP contribution < -0.4 is 9.62 Å². The van der Waals surface area contributed by atoms with Crippen molar-refractivity contribution in [1.82, 2.24) is 9.97 Å². The summed E-state index contributed by atoms with van der Waals surface area (Å²) in [6, 6.07) is 12.7. The number of anilines is 2. The minimum absolute atomic E-state index is 0.103. The number of hydrogen-bond donors (Lipinski definition) is 2. The van der Waals surface area contributed by atoms with E-state index in [0.29, 0.717) is 24.9 Å². The molecular weight excluding hydrogens is 533 g/mol. The van der Waals surface area contributed by atoms with Crippen molar-refractivity contribution in [2.24, 2.45) is 5.41 Å². The average Bonchev–Trinajstić information content (AvgIpc) is 2.88. The summed E-state index contributed by atoms with van der Waals surface area (Å²) in [6.07, 6.45) is -3.63. The third-order valence-electron chi connectivity index (χ3n) is 6.80. The number of carbonyl (C=O) groups is 1. The zero-order valence-corrected chi connectivity index (χ0v) is 22.5. The Labute approximate surface area is 225 Å². The van der Waals surface area contributed by atoms with E-state index in [0.717, 1.165) is 12.1 Å². The number of nitrogens with zero attached hydrogens (tertiary/aromatic N) is 3. The fraction of sp³-hybridized carbons (Fsp3) is 0.370. The van der Waals surface area contributed by atoms with Gasteiger partial charge in [-0.15, -0.1) is 0 Å². The second kappa shape index (κ2) is 10.5. The third-order valence-corrected chi connectivity index (χ3v) is 8.05. The lowest BCUT2D eigenvalue weighted by molar-refractivity contribution is -0.148. The van der Waals surface area contributed by atoms with E-state index in [1.54, 1.807) is 36.1 Å². The van der Waals surface area contributed by atoms with Gasteiger partial charge < -0.3 is 10.0 Å². The van der Waals surface area contributed by atoms with E-state index in [2.05, 4.69) is 14.7 Å². The monoisotopic (exact) mass is 562 g/mol. The van der Waals surface area contributed by atoms with Crippen molar-refractivity contribution in [3.05, 3.63) is 65.7 Å². The quantitative estimate of drug-likeness (QED) is 0.376. The number of aliphatic carboxylic acids is 1. The summed E-state index contributed by atoms with van der Waals surface area (Å²) in [4.78, 5) is 21.8. The lowest BCUT2D eigenvalue weighted by atomic mass is 9.82. The molecule has 1 aliphatic heterocycles. The molecule has 39 heavy (non-hydrogen) atoms. The number of hydrogen-bond acceptors (Lipinski definition) is 6. The molecule has 12 heteroatoms. The van der Waals surface area contributed by atoms with Crippen LogP contribution in [0.2, 0.25) is 0 Å². The maximum absolute atomic E-state index is 13.9. The number of piperidine rings is 1. The first-order valence-electron chi connectivity index (χ1n) is 12.4. The van der Waals surface area contributed by atoms with Gasteiger partial charge >= 0.3 is 12.1 Å². The van der Waals surface area contributed by atoms with E-state index in [-0.39, 0.29) is 40.4 Å². The number of carboxylic acids is 1. The second-order valence-electron chi connectivity index (χ2n) is 10.2. The number of rotatable bonds is 7. The second-order valence-corrected chi connectivity index (χ2v) is 11.8. The normalized spacial score (nSPS) is 18.3. The predicted octanol–water partition coefficient (Wildman–Crippen LogP) is 5.78. The van der Waals surface area contributed by atoms with Gasteiger partial charge in [0.15, 0.2) is 5.03 Å². The molecule has 1 atom stereocenters. The van der Waals surface area contributed by atoms with Crippen LogP contribution in [0, 0.1) is 5.41 Å². The number of carboxylic acid groups (broad SMARTS) is 1. The zero-order chi connectivity index (χ0) is 28.6. The van der Waals surface area contributed by atoms with Gasteiger partial charge in [0.1, 0.15) is 11.6 Å². The first-order valence-corrected chi connectivity index (χ1v) is 13.9. The fourth-order valence-electron chi connectivity index (χ4n) is 4.70. The molecular formula is C27H29F3N4O4S. The van der Waals surface area contributed by atoms with Crippen molar-refractivity contribution in [3.8, 4) is 11.3 Å². The lowest BCUT2D eigenvalue weighted by Crippen LogP contribution is -2.46. The summed E-state index contributed by atoms with van der Waals surface area (Å²) in [5.41, 5.74) is -1.47. The van der Waals surface area contributed by atoms with Crippen LogP contribution in [0.1, 0.15) is 50.7 Å². The Morgan fingerprint density at radius 1 is 1.08 bits per heavy atom. The molecule has 1 fully saturated rings. The molecule has 1 aromatic carbocycles. The summed E-state index contributed by atoms with van der Waals surface area (Å²) in [7, 11) is -4.34. The number of alkyl halides is 3. The molecule has 0 amide bonds. The van der Waals surface area contributed by atoms with Gasteiger partial charge in [0.2, 0.25) is 0 Å². The van der Waals surface area contributed by atoms with Crippen LogP contribution in [0.3, 0.4) is 0 Å². The summed E-state index contributed by atoms with van der Waals surface area (Å²) < 4.78 is 70.4. The topological polar surface area (TPSA) is 112 Å². The van der Waals surface area contributed by atoms with Gasteiger partial charge in [-0.1, -0.05) is 44.2 Å². The Kier molecular flexibility index (Phi) is 7.61. The smallest absolute Gasteiger partial charge is 0.418 e. The van der Waals surface area contributed by atoms with E-state index in [1.165, 1.54) is 18.2 Å². The fourth-order valence-corrected chi connectivity index (χ4v) is 5.66. The van der Waals surface area contributed by atoms with Crippen LogP contribution in [0.25, 0.3) is 11.3 Å². The Hall–Kier alpha value is -3.67. The molecule has 3 aromatic rings. The summed E-state index contributed by atoms with van der Waals surface area (Å²) >= 11 is 0. The highest BCUT2D eigenvalue weighted by Crippen LogP contribution is 2.39. The molecule has 1 aliphatic rings. The van der Waals surface area contributed by atoms with Gasteiger partial charge in [-0.05, 0) is 55.5 Å². The van der Waals surface area contributed by atoms with Gasteiger partial charge in [-0.2, -0.15) is 21.6 Å².